The molecule has 14 heavy (non-hydrogen) atoms. The summed E-state index contributed by atoms with van der Waals surface area (Å²) >= 11 is 0. The first kappa shape index (κ1) is 10.3. The highest BCUT2D eigenvalue weighted by Gasteiger charge is 2.42. The number of hydrogen-bond acceptors (Lipinski definition) is 5. The second kappa shape index (κ2) is 3.95. The van der Waals surface area contributed by atoms with E-state index in [-0.39, 0.29) is 29.4 Å². The lowest BCUT2D eigenvalue weighted by Crippen LogP contribution is -2.52. The van der Waals surface area contributed by atoms with Gasteiger partial charge in [-0.1, -0.05) is 10.1 Å². The fourth-order valence-electron chi connectivity index (χ4n) is 1.14. The molecule has 0 aromatic heterocycles. The van der Waals surface area contributed by atoms with Gasteiger partial charge in [-0.25, -0.2) is 0 Å². The molecule has 1 saturated heterocycles. The molecular weight excluding hydrogens is 188 g/mol. The normalized spacial score (nSPS) is 20.6. The van der Waals surface area contributed by atoms with Crippen LogP contribution >= 0.6 is 0 Å². The van der Waals surface area contributed by atoms with E-state index in [0.29, 0.717) is 0 Å². The summed E-state index contributed by atoms with van der Waals surface area (Å²) in [5.74, 6) is -0.0774. The molecule has 0 saturated carbocycles. The minimum absolute atomic E-state index is 0.0774. The molecule has 0 bridgehead atoms. The molecule has 7 nitrogen and oxygen atoms in total. The van der Waals surface area contributed by atoms with Gasteiger partial charge in [-0.05, 0) is 6.92 Å². The summed E-state index contributed by atoms with van der Waals surface area (Å²) in [7, 11) is 1.32. The third kappa shape index (κ3) is 1.61. The first-order chi connectivity index (χ1) is 6.61. The number of carbonyl (C=O) groups is 1. The van der Waals surface area contributed by atoms with E-state index in [2.05, 4.69) is 9.99 Å². The second-order valence-electron chi connectivity index (χ2n) is 2.63. The zero-order valence-corrected chi connectivity index (χ0v) is 7.98. The SMILES string of the molecule is CCN1C(=N)C(=NOC)C[N+](=O)C1=O. The molecule has 1 heterocycles. The molecule has 0 aliphatic carbocycles. The molecule has 1 aliphatic heterocycles. The zero-order chi connectivity index (χ0) is 10.7. The van der Waals surface area contributed by atoms with E-state index in [1.807, 2.05) is 0 Å². The average molecular weight is 199 g/mol. The summed E-state index contributed by atoms with van der Waals surface area (Å²) in [6.45, 7) is 1.71. The molecular formula is C7H11N4O3+. The molecule has 1 rings (SSSR count). The number of amides is 2. The highest BCUT2D eigenvalue weighted by molar-refractivity contribution is 6.43. The van der Waals surface area contributed by atoms with Crippen molar-refractivity contribution in [3.8, 4) is 0 Å². The molecule has 0 spiro atoms. The van der Waals surface area contributed by atoms with Crippen LogP contribution in [0.25, 0.3) is 0 Å². The van der Waals surface area contributed by atoms with Crippen molar-refractivity contribution >= 4 is 17.6 Å². The van der Waals surface area contributed by atoms with Gasteiger partial charge in [0.25, 0.3) is 0 Å². The lowest BCUT2D eigenvalue weighted by atomic mass is 10.2. The van der Waals surface area contributed by atoms with Gasteiger partial charge < -0.3 is 4.84 Å². The number of hydrogen-bond donors (Lipinski definition) is 1. The minimum atomic E-state index is -0.729. The third-order valence-corrected chi connectivity index (χ3v) is 1.80. The number of nitroso groups, excluding NO2 is 1. The fourth-order valence-corrected chi connectivity index (χ4v) is 1.14. The number of oxime groups is 1. The van der Waals surface area contributed by atoms with E-state index in [1.54, 1.807) is 6.92 Å². The van der Waals surface area contributed by atoms with Crippen molar-refractivity contribution in [1.82, 2.24) is 4.90 Å². The van der Waals surface area contributed by atoms with Crippen molar-refractivity contribution < 1.29 is 14.4 Å². The average Bonchev–Trinajstić information content (AvgIpc) is 2.16. The number of nitrogens with zero attached hydrogens (tertiary/aromatic N) is 3. The Bertz CT molecular complexity index is 323. The minimum Gasteiger partial charge on any atom is -0.399 e. The fraction of sp³-hybridized carbons (Fsp3) is 0.571. The van der Waals surface area contributed by atoms with Crippen LogP contribution < -0.4 is 0 Å². The van der Waals surface area contributed by atoms with Crippen LogP contribution in [0.3, 0.4) is 0 Å². The maximum Gasteiger partial charge on any atom is 0.538 e. The Morgan fingerprint density at radius 3 is 2.86 bits per heavy atom. The quantitative estimate of drug-likeness (QED) is 0.509. The van der Waals surface area contributed by atoms with Crippen molar-refractivity contribution in [2.24, 2.45) is 5.16 Å². The van der Waals surface area contributed by atoms with E-state index < -0.39 is 6.03 Å². The summed E-state index contributed by atoms with van der Waals surface area (Å²) in [4.78, 5) is 27.8. The first-order valence-corrected chi connectivity index (χ1v) is 4.07. The Kier molecular flexibility index (Phi) is 2.90. The molecule has 0 atom stereocenters. The molecule has 0 radical (unpaired) electrons. The van der Waals surface area contributed by atoms with Crippen molar-refractivity contribution in [2.75, 3.05) is 20.2 Å². The van der Waals surface area contributed by atoms with Gasteiger partial charge in [-0.15, -0.1) is 0 Å². The summed E-state index contributed by atoms with van der Waals surface area (Å²) in [5.41, 5.74) is 0.156. The van der Waals surface area contributed by atoms with Gasteiger partial charge in [0.05, 0.1) is 6.54 Å². The van der Waals surface area contributed by atoms with Crippen LogP contribution in [-0.2, 0) is 4.84 Å². The Morgan fingerprint density at radius 1 is 1.71 bits per heavy atom. The first-order valence-electron chi connectivity index (χ1n) is 4.07. The molecule has 0 unspecified atom stereocenters. The van der Waals surface area contributed by atoms with Crippen molar-refractivity contribution in [1.29, 1.82) is 5.41 Å². The highest BCUT2D eigenvalue weighted by atomic mass is 16.6. The Hall–Kier alpha value is -1.79. The van der Waals surface area contributed by atoms with Gasteiger partial charge in [0.2, 0.25) is 5.84 Å². The lowest BCUT2D eigenvalue weighted by Gasteiger charge is -2.16. The second-order valence-corrected chi connectivity index (χ2v) is 2.63. The maximum absolute atomic E-state index is 11.2. The van der Waals surface area contributed by atoms with Gasteiger partial charge in [0, 0.05) is 4.76 Å². The van der Waals surface area contributed by atoms with E-state index in [9.17, 15) is 9.70 Å². The van der Waals surface area contributed by atoms with E-state index >= 15 is 0 Å². The van der Waals surface area contributed by atoms with E-state index in [0.717, 1.165) is 4.90 Å². The number of amidine groups is 1. The monoisotopic (exact) mass is 199 g/mol. The van der Waals surface area contributed by atoms with Crippen molar-refractivity contribution in [3.05, 3.63) is 4.91 Å². The van der Waals surface area contributed by atoms with Crippen LogP contribution in [0.15, 0.2) is 5.16 Å². The van der Waals surface area contributed by atoms with Gasteiger partial charge >= 0.3 is 6.03 Å². The Labute approximate surface area is 80.4 Å². The highest BCUT2D eigenvalue weighted by Crippen LogP contribution is 2.04. The molecule has 1 fully saturated rings. The van der Waals surface area contributed by atoms with Crippen LogP contribution in [0.5, 0.6) is 0 Å². The predicted octanol–water partition coefficient (Wildman–Crippen LogP) is 0.200. The number of rotatable bonds is 2. The standard InChI is InChI=1S/C7H11N4O3/c1-3-10-6(8)5(9-14-2)4-11(13)7(10)12/h8H,3-4H2,1-2H3/q+1. The summed E-state index contributed by atoms with van der Waals surface area (Å²) in [6, 6.07) is -0.729. The predicted molar refractivity (Wildman–Crippen MR) is 48.4 cm³/mol. The van der Waals surface area contributed by atoms with Crippen molar-refractivity contribution in [3.63, 3.8) is 0 Å². The summed E-state index contributed by atoms with van der Waals surface area (Å²) < 4.78 is 0.249. The largest absolute Gasteiger partial charge is 0.538 e. The molecule has 2 amide bonds. The van der Waals surface area contributed by atoms with Crippen LogP contribution in [0, 0.1) is 10.3 Å². The smallest absolute Gasteiger partial charge is 0.399 e. The summed E-state index contributed by atoms with van der Waals surface area (Å²) in [6.07, 6.45) is 0. The third-order valence-electron chi connectivity index (χ3n) is 1.80. The van der Waals surface area contributed by atoms with Crippen LogP contribution in [0.1, 0.15) is 6.92 Å². The van der Waals surface area contributed by atoms with Gasteiger partial charge in [-0.2, -0.15) is 9.69 Å². The van der Waals surface area contributed by atoms with Crippen LogP contribution in [-0.4, -0.2) is 47.4 Å². The molecule has 1 aliphatic rings. The molecule has 0 aromatic carbocycles. The summed E-state index contributed by atoms with van der Waals surface area (Å²) in [5, 5.41) is 11.1. The molecule has 76 valence electrons. The zero-order valence-electron chi connectivity index (χ0n) is 7.98. The number of carbonyl (C=O) groups excluding carboxylic acids is 1. The van der Waals surface area contributed by atoms with Gasteiger partial charge in [0.15, 0.2) is 12.3 Å². The number of urea groups is 1. The maximum atomic E-state index is 11.2. The Morgan fingerprint density at radius 2 is 2.36 bits per heavy atom. The van der Waals surface area contributed by atoms with E-state index in [1.165, 1.54) is 7.11 Å². The number of nitrogens with one attached hydrogen (secondary N) is 1. The molecule has 7 heteroatoms. The lowest BCUT2D eigenvalue weighted by molar-refractivity contribution is -0.442. The van der Waals surface area contributed by atoms with Crippen LogP contribution in [0.2, 0.25) is 0 Å². The Balaban J connectivity index is 2.98. The molecule has 0 aromatic rings. The van der Waals surface area contributed by atoms with Gasteiger partial charge in [0.1, 0.15) is 7.11 Å². The van der Waals surface area contributed by atoms with E-state index in [4.69, 9.17) is 5.41 Å². The molecule has 1 N–H and O–H groups in total. The van der Waals surface area contributed by atoms with Crippen LogP contribution in [0.4, 0.5) is 4.79 Å². The topological polar surface area (TPSA) is 85.8 Å². The van der Waals surface area contributed by atoms with Gasteiger partial charge in [-0.3, -0.25) is 5.41 Å². The van der Waals surface area contributed by atoms with Crippen molar-refractivity contribution in [2.45, 2.75) is 6.92 Å².